The molecule has 102 valence electrons. The lowest BCUT2D eigenvalue weighted by atomic mass is 10.1. The average Bonchev–Trinajstić information content (AvgIpc) is 2.81. The van der Waals surface area contributed by atoms with Gasteiger partial charge in [-0.05, 0) is 30.7 Å². The highest BCUT2D eigenvalue weighted by atomic mass is 16.5. The molecule has 2 rings (SSSR count). The Morgan fingerprint density at radius 3 is 2.95 bits per heavy atom. The normalized spacial score (nSPS) is 12.4. The average molecular weight is 262 g/mol. The van der Waals surface area contributed by atoms with Crippen molar-refractivity contribution in [1.29, 1.82) is 0 Å². The predicted octanol–water partition coefficient (Wildman–Crippen LogP) is 1.61. The number of aromatic amines is 1. The van der Waals surface area contributed by atoms with Crippen LogP contribution in [0.5, 0.6) is 5.75 Å². The number of methoxy groups -OCH3 is 1. The molecule has 0 unspecified atom stereocenters. The Kier molecular flexibility index (Phi) is 4.06. The summed E-state index contributed by atoms with van der Waals surface area (Å²) >= 11 is 0. The molecule has 0 radical (unpaired) electrons. The van der Waals surface area contributed by atoms with Crippen LogP contribution in [-0.4, -0.2) is 30.7 Å². The number of ether oxygens (including phenoxy) is 2. The highest BCUT2D eigenvalue weighted by Gasteiger charge is 2.17. The summed E-state index contributed by atoms with van der Waals surface area (Å²) in [6.07, 6.45) is 2.30. The van der Waals surface area contributed by atoms with E-state index in [1.54, 1.807) is 14.0 Å². The summed E-state index contributed by atoms with van der Waals surface area (Å²) in [5, 5.41) is 1.01. The minimum absolute atomic E-state index is 0.342. The molecule has 1 atom stereocenters. The van der Waals surface area contributed by atoms with Crippen LogP contribution in [0.2, 0.25) is 0 Å². The van der Waals surface area contributed by atoms with Gasteiger partial charge < -0.3 is 20.2 Å². The number of hydrogen-bond acceptors (Lipinski definition) is 4. The minimum Gasteiger partial charge on any atom is -0.497 e. The first-order valence-corrected chi connectivity index (χ1v) is 6.22. The Bertz CT molecular complexity index is 577. The summed E-state index contributed by atoms with van der Waals surface area (Å²) in [5.41, 5.74) is 7.81. The summed E-state index contributed by atoms with van der Waals surface area (Å²) in [5.74, 6) is 0.401. The molecule has 1 heterocycles. The van der Waals surface area contributed by atoms with Crippen LogP contribution in [0.15, 0.2) is 24.4 Å². The van der Waals surface area contributed by atoms with Gasteiger partial charge in [0.1, 0.15) is 11.8 Å². The van der Waals surface area contributed by atoms with Crippen molar-refractivity contribution in [2.45, 2.75) is 19.4 Å². The molecule has 2 aromatic rings. The highest BCUT2D eigenvalue weighted by Crippen LogP contribution is 2.24. The topological polar surface area (TPSA) is 77.3 Å². The van der Waals surface area contributed by atoms with E-state index < -0.39 is 6.04 Å². The van der Waals surface area contributed by atoms with E-state index >= 15 is 0 Å². The number of aromatic nitrogens is 1. The molecule has 0 aliphatic heterocycles. The molecule has 5 nitrogen and oxygen atoms in total. The van der Waals surface area contributed by atoms with Gasteiger partial charge in [0.15, 0.2) is 0 Å². The first-order valence-electron chi connectivity index (χ1n) is 6.22. The highest BCUT2D eigenvalue weighted by molar-refractivity contribution is 5.85. The lowest BCUT2D eigenvalue weighted by molar-refractivity contribution is -0.144. The van der Waals surface area contributed by atoms with Crippen LogP contribution in [-0.2, 0) is 16.0 Å². The molecular weight excluding hydrogens is 244 g/mol. The molecule has 0 aliphatic rings. The molecule has 0 saturated heterocycles. The number of hydrogen-bond donors (Lipinski definition) is 2. The number of benzene rings is 1. The molecule has 1 aromatic heterocycles. The van der Waals surface area contributed by atoms with Crippen LogP contribution in [0.25, 0.3) is 10.9 Å². The monoisotopic (exact) mass is 262 g/mol. The summed E-state index contributed by atoms with van der Waals surface area (Å²) in [6.45, 7) is 2.11. The molecule has 1 aromatic carbocycles. The molecule has 0 saturated carbocycles. The number of carbonyl (C=O) groups excluding carboxylic acids is 1. The zero-order valence-electron chi connectivity index (χ0n) is 11.1. The van der Waals surface area contributed by atoms with Crippen molar-refractivity contribution in [3.63, 3.8) is 0 Å². The first kappa shape index (κ1) is 13.4. The van der Waals surface area contributed by atoms with Gasteiger partial charge in [-0.25, -0.2) is 0 Å². The van der Waals surface area contributed by atoms with Crippen LogP contribution in [0.4, 0.5) is 0 Å². The van der Waals surface area contributed by atoms with E-state index in [0.717, 1.165) is 22.2 Å². The van der Waals surface area contributed by atoms with Gasteiger partial charge in [0, 0.05) is 23.5 Å². The second kappa shape index (κ2) is 5.75. The zero-order chi connectivity index (χ0) is 13.8. The molecule has 3 N–H and O–H groups in total. The van der Waals surface area contributed by atoms with Gasteiger partial charge in [0.25, 0.3) is 0 Å². The molecule has 0 aliphatic carbocycles. The predicted molar refractivity (Wildman–Crippen MR) is 73.2 cm³/mol. The minimum atomic E-state index is -0.648. The standard InChI is InChI=1S/C14H18N2O3/c1-3-19-14(17)12(15)6-9-8-16-13-5-4-10(18-2)7-11(9)13/h4-5,7-8,12,16H,3,6,15H2,1-2H3/t12-/m1/s1. The van der Waals surface area contributed by atoms with Crippen LogP contribution in [0.3, 0.4) is 0 Å². The third-order valence-electron chi connectivity index (χ3n) is 3.00. The van der Waals surface area contributed by atoms with E-state index in [4.69, 9.17) is 15.2 Å². The summed E-state index contributed by atoms with van der Waals surface area (Å²) < 4.78 is 10.1. The summed E-state index contributed by atoms with van der Waals surface area (Å²) in [4.78, 5) is 14.7. The Labute approximate surface area is 111 Å². The van der Waals surface area contributed by atoms with Crippen LogP contribution >= 0.6 is 0 Å². The summed E-state index contributed by atoms with van der Waals surface area (Å²) in [7, 11) is 1.62. The third-order valence-corrected chi connectivity index (χ3v) is 3.00. The summed E-state index contributed by atoms with van der Waals surface area (Å²) in [6, 6.07) is 5.10. The quantitative estimate of drug-likeness (QED) is 0.802. The van der Waals surface area contributed by atoms with Crippen molar-refractivity contribution in [2.75, 3.05) is 13.7 Å². The zero-order valence-corrected chi connectivity index (χ0v) is 11.1. The maximum atomic E-state index is 11.5. The van der Waals surface area contributed by atoms with Crippen molar-refractivity contribution in [1.82, 2.24) is 4.98 Å². The van der Waals surface area contributed by atoms with Crippen LogP contribution in [0.1, 0.15) is 12.5 Å². The number of carbonyl (C=O) groups is 1. The Morgan fingerprint density at radius 2 is 2.26 bits per heavy atom. The van der Waals surface area contributed by atoms with Crippen LogP contribution in [0, 0.1) is 0 Å². The van der Waals surface area contributed by atoms with E-state index in [9.17, 15) is 4.79 Å². The van der Waals surface area contributed by atoms with Gasteiger partial charge in [0.2, 0.25) is 0 Å². The number of nitrogens with two attached hydrogens (primary N) is 1. The Morgan fingerprint density at radius 1 is 1.47 bits per heavy atom. The van der Waals surface area contributed by atoms with Gasteiger partial charge in [0.05, 0.1) is 13.7 Å². The molecule has 0 fully saturated rings. The van der Waals surface area contributed by atoms with Gasteiger partial charge >= 0.3 is 5.97 Å². The fourth-order valence-electron chi connectivity index (χ4n) is 2.02. The molecule has 0 amide bonds. The number of fused-ring (bicyclic) bond motifs is 1. The second-order valence-corrected chi connectivity index (χ2v) is 4.29. The van der Waals surface area contributed by atoms with E-state index in [1.165, 1.54) is 0 Å². The molecule has 5 heteroatoms. The lowest BCUT2D eigenvalue weighted by Gasteiger charge is -2.09. The van der Waals surface area contributed by atoms with Gasteiger partial charge in [-0.1, -0.05) is 0 Å². The largest absolute Gasteiger partial charge is 0.497 e. The van der Waals surface area contributed by atoms with Crippen LogP contribution < -0.4 is 10.5 Å². The van der Waals surface area contributed by atoms with Crippen molar-refractivity contribution in [3.05, 3.63) is 30.0 Å². The number of rotatable bonds is 5. The first-order chi connectivity index (χ1) is 9.15. The molecule has 0 bridgehead atoms. The van der Waals surface area contributed by atoms with E-state index in [1.807, 2.05) is 24.4 Å². The van der Waals surface area contributed by atoms with E-state index in [-0.39, 0.29) is 5.97 Å². The number of H-pyrrole nitrogens is 1. The maximum absolute atomic E-state index is 11.5. The molecule has 19 heavy (non-hydrogen) atoms. The second-order valence-electron chi connectivity index (χ2n) is 4.29. The fourth-order valence-corrected chi connectivity index (χ4v) is 2.02. The smallest absolute Gasteiger partial charge is 0.323 e. The van der Waals surface area contributed by atoms with Gasteiger partial charge in [-0.3, -0.25) is 4.79 Å². The fraction of sp³-hybridized carbons (Fsp3) is 0.357. The maximum Gasteiger partial charge on any atom is 0.323 e. The van der Waals surface area contributed by atoms with E-state index in [0.29, 0.717) is 13.0 Å². The van der Waals surface area contributed by atoms with E-state index in [2.05, 4.69) is 4.98 Å². The van der Waals surface area contributed by atoms with Crippen molar-refractivity contribution < 1.29 is 14.3 Å². The van der Waals surface area contributed by atoms with Gasteiger partial charge in [-0.15, -0.1) is 0 Å². The SMILES string of the molecule is CCOC(=O)[C@H](N)Cc1c[nH]c2ccc(OC)cc12. The van der Waals surface area contributed by atoms with Gasteiger partial charge in [-0.2, -0.15) is 0 Å². The Hall–Kier alpha value is -2.01. The number of nitrogens with one attached hydrogen (secondary N) is 1. The molecular formula is C14H18N2O3. The van der Waals surface area contributed by atoms with Crippen molar-refractivity contribution in [2.24, 2.45) is 5.73 Å². The Balaban J connectivity index is 2.22. The van der Waals surface area contributed by atoms with Crippen molar-refractivity contribution in [3.8, 4) is 5.75 Å². The lowest BCUT2D eigenvalue weighted by Crippen LogP contribution is -2.34. The van der Waals surface area contributed by atoms with Crippen molar-refractivity contribution >= 4 is 16.9 Å². The number of esters is 1. The third kappa shape index (κ3) is 2.88. The molecule has 0 spiro atoms.